The van der Waals surface area contributed by atoms with E-state index in [0.717, 1.165) is 12.1 Å². The van der Waals surface area contributed by atoms with Gasteiger partial charge in [0.15, 0.2) is 0 Å². The molecular formula is C13H14F4O2. The molecule has 2 atom stereocenters. The van der Waals surface area contributed by atoms with Crippen LogP contribution < -0.4 is 0 Å². The maximum Gasteiger partial charge on any atom is 0.432 e. The molecule has 0 saturated carbocycles. The maximum absolute atomic E-state index is 14.2. The zero-order chi connectivity index (χ0) is 14.7. The Bertz CT molecular complexity index is 430. The SMILES string of the molecule is CCC[C@@H](O)[C@@](F)(C(=O)c1ccccc1)C(F)(F)F. The Labute approximate surface area is 108 Å². The average molecular weight is 278 g/mol. The largest absolute Gasteiger partial charge is 0.432 e. The Morgan fingerprint density at radius 3 is 2.16 bits per heavy atom. The van der Waals surface area contributed by atoms with Gasteiger partial charge in [-0.1, -0.05) is 43.7 Å². The molecule has 0 aromatic heterocycles. The molecular weight excluding hydrogens is 264 g/mol. The summed E-state index contributed by atoms with van der Waals surface area (Å²) in [5.74, 6) is -1.76. The first-order valence-corrected chi connectivity index (χ1v) is 5.78. The molecule has 0 amide bonds. The normalized spacial score (nSPS) is 16.7. The van der Waals surface area contributed by atoms with Crippen molar-refractivity contribution in [2.75, 3.05) is 0 Å². The molecule has 0 aliphatic carbocycles. The van der Waals surface area contributed by atoms with Gasteiger partial charge in [-0.15, -0.1) is 0 Å². The van der Waals surface area contributed by atoms with E-state index in [9.17, 15) is 27.5 Å². The Morgan fingerprint density at radius 2 is 1.74 bits per heavy atom. The highest BCUT2D eigenvalue weighted by Gasteiger charge is 2.65. The Morgan fingerprint density at radius 1 is 1.21 bits per heavy atom. The van der Waals surface area contributed by atoms with Crippen LogP contribution in [0.25, 0.3) is 0 Å². The summed E-state index contributed by atoms with van der Waals surface area (Å²) in [6.07, 6.45) is -8.20. The number of Topliss-reactive ketones (excluding diaryl/α,β-unsaturated/α-hetero) is 1. The van der Waals surface area contributed by atoms with Crippen molar-refractivity contribution in [2.45, 2.75) is 37.7 Å². The number of hydrogen-bond donors (Lipinski definition) is 1. The van der Waals surface area contributed by atoms with Gasteiger partial charge in [-0.2, -0.15) is 13.2 Å². The van der Waals surface area contributed by atoms with E-state index in [-0.39, 0.29) is 6.42 Å². The lowest BCUT2D eigenvalue weighted by Gasteiger charge is -2.30. The van der Waals surface area contributed by atoms with Crippen LogP contribution in [-0.4, -0.2) is 28.8 Å². The number of halogens is 4. The highest BCUT2D eigenvalue weighted by Crippen LogP contribution is 2.40. The summed E-state index contributed by atoms with van der Waals surface area (Å²) in [7, 11) is 0. The number of carbonyl (C=O) groups is 1. The van der Waals surface area contributed by atoms with Crippen LogP contribution in [0.1, 0.15) is 30.1 Å². The predicted molar refractivity (Wildman–Crippen MR) is 61.6 cm³/mol. The van der Waals surface area contributed by atoms with E-state index in [1.165, 1.54) is 25.1 Å². The number of aliphatic hydroxyl groups is 1. The summed E-state index contributed by atoms with van der Waals surface area (Å²) in [6.45, 7) is 1.49. The van der Waals surface area contributed by atoms with E-state index in [1.807, 2.05) is 0 Å². The van der Waals surface area contributed by atoms with Crippen LogP contribution in [-0.2, 0) is 0 Å². The van der Waals surface area contributed by atoms with Crippen molar-refractivity contribution >= 4 is 5.78 Å². The predicted octanol–water partition coefficient (Wildman–Crippen LogP) is 3.30. The molecule has 2 nitrogen and oxygen atoms in total. The quantitative estimate of drug-likeness (QED) is 0.663. The number of hydrogen-bond acceptors (Lipinski definition) is 2. The van der Waals surface area contributed by atoms with Gasteiger partial charge in [0.1, 0.15) is 6.10 Å². The molecule has 0 spiro atoms. The number of benzene rings is 1. The average Bonchev–Trinajstić information content (AvgIpc) is 2.36. The third kappa shape index (κ3) is 2.94. The second kappa shape index (κ2) is 5.69. The van der Waals surface area contributed by atoms with Gasteiger partial charge in [-0.25, -0.2) is 4.39 Å². The van der Waals surface area contributed by atoms with Crippen LogP contribution >= 0.6 is 0 Å². The fraction of sp³-hybridized carbons (Fsp3) is 0.462. The smallest absolute Gasteiger partial charge is 0.389 e. The monoisotopic (exact) mass is 278 g/mol. The standard InChI is InChI=1S/C13H14F4O2/c1-2-6-10(18)12(14,13(15,16)17)11(19)9-7-4-3-5-8-9/h3-5,7-8,10,18H,2,6H2,1H3/t10-,12-/m1/s1. The molecule has 6 heteroatoms. The topological polar surface area (TPSA) is 37.3 Å². The van der Waals surface area contributed by atoms with Crippen molar-refractivity contribution in [3.05, 3.63) is 35.9 Å². The Kier molecular flexibility index (Phi) is 4.68. The fourth-order valence-corrected chi connectivity index (χ4v) is 1.74. The van der Waals surface area contributed by atoms with Crippen LogP contribution in [0.3, 0.4) is 0 Å². The van der Waals surface area contributed by atoms with E-state index in [1.54, 1.807) is 0 Å². The van der Waals surface area contributed by atoms with E-state index in [0.29, 0.717) is 0 Å². The third-order valence-electron chi connectivity index (χ3n) is 2.80. The molecule has 0 radical (unpaired) electrons. The molecule has 1 aromatic carbocycles. The summed E-state index contributed by atoms with van der Waals surface area (Å²) >= 11 is 0. The number of aliphatic hydroxyl groups excluding tert-OH is 1. The molecule has 19 heavy (non-hydrogen) atoms. The van der Waals surface area contributed by atoms with Gasteiger partial charge in [-0.05, 0) is 6.42 Å². The van der Waals surface area contributed by atoms with E-state index in [4.69, 9.17) is 0 Å². The van der Waals surface area contributed by atoms with Gasteiger partial charge in [-0.3, -0.25) is 4.79 Å². The van der Waals surface area contributed by atoms with Gasteiger partial charge >= 0.3 is 6.18 Å². The van der Waals surface area contributed by atoms with Crippen LogP contribution in [0, 0.1) is 0 Å². The van der Waals surface area contributed by atoms with Crippen LogP contribution in [0.5, 0.6) is 0 Å². The minimum atomic E-state index is -5.46. The summed E-state index contributed by atoms with van der Waals surface area (Å²) in [4.78, 5) is 11.8. The van der Waals surface area contributed by atoms with Crippen molar-refractivity contribution in [2.24, 2.45) is 0 Å². The highest BCUT2D eigenvalue weighted by molar-refractivity contribution is 6.03. The minimum Gasteiger partial charge on any atom is -0.389 e. The lowest BCUT2D eigenvalue weighted by atomic mass is 9.86. The van der Waals surface area contributed by atoms with Gasteiger partial charge < -0.3 is 5.11 Å². The lowest BCUT2D eigenvalue weighted by Crippen LogP contribution is -2.56. The van der Waals surface area contributed by atoms with Crippen LogP contribution in [0.15, 0.2) is 30.3 Å². The Balaban J connectivity index is 3.22. The molecule has 1 rings (SSSR count). The van der Waals surface area contributed by atoms with E-state index >= 15 is 0 Å². The summed E-state index contributed by atoms with van der Waals surface area (Å²) in [5.41, 5.74) is -4.69. The molecule has 0 aliphatic heterocycles. The first kappa shape index (κ1) is 15.6. The zero-order valence-electron chi connectivity index (χ0n) is 10.2. The molecule has 106 valence electrons. The second-order valence-corrected chi connectivity index (χ2v) is 4.21. The minimum absolute atomic E-state index is 0.130. The summed E-state index contributed by atoms with van der Waals surface area (Å²) in [5, 5.41) is 9.42. The zero-order valence-corrected chi connectivity index (χ0v) is 10.2. The van der Waals surface area contributed by atoms with Crippen LogP contribution in [0.4, 0.5) is 17.6 Å². The lowest BCUT2D eigenvalue weighted by molar-refractivity contribution is -0.238. The van der Waals surface area contributed by atoms with Gasteiger partial charge in [0.05, 0.1) is 0 Å². The molecule has 0 aliphatic rings. The van der Waals surface area contributed by atoms with Crippen molar-refractivity contribution in [1.29, 1.82) is 0 Å². The number of ketones is 1. The molecule has 1 aromatic rings. The first-order chi connectivity index (χ1) is 8.75. The van der Waals surface area contributed by atoms with Gasteiger partial charge in [0, 0.05) is 5.56 Å². The highest BCUT2D eigenvalue weighted by atomic mass is 19.4. The number of alkyl halides is 4. The van der Waals surface area contributed by atoms with Crippen molar-refractivity contribution in [1.82, 2.24) is 0 Å². The van der Waals surface area contributed by atoms with Crippen LogP contribution in [0.2, 0.25) is 0 Å². The molecule has 0 unspecified atom stereocenters. The van der Waals surface area contributed by atoms with E-state index in [2.05, 4.69) is 0 Å². The summed E-state index contributed by atoms with van der Waals surface area (Å²) < 4.78 is 52.8. The maximum atomic E-state index is 14.2. The van der Waals surface area contributed by atoms with Gasteiger partial charge in [0.2, 0.25) is 5.78 Å². The third-order valence-corrected chi connectivity index (χ3v) is 2.80. The Hall–Kier alpha value is -1.43. The number of carbonyl (C=O) groups excluding carboxylic acids is 1. The molecule has 1 N–H and O–H groups in total. The second-order valence-electron chi connectivity index (χ2n) is 4.21. The molecule has 0 bridgehead atoms. The van der Waals surface area contributed by atoms with Crippen molar-refractivity contribution in [3.63, 3.8) is 0 Å². The fourth-order valence-electron chi connectivity index (χ4n) is 1.74. The first-order valence-electron chi connectivity index (χ1n) is 5.78. The van der Waals surface area contributed by atoms with Crippen molar-refractivity contribution in [3.8, 4) is 0 Å². The summed E-state index contributed by atoms with van der Waals surface area (Å²) in [6, 6.07) is 6.32. The molecule has 0 saturated heterocycles. The molecule has 0 fully saturated rings. The van der Waals surface area contributed by atoms with E-state index < -0.39 is 35.7 Å². The number of rotatable bonds is 5. The molecule has 0 heterocycles. The van der Waals surface area contributed by atoms with Gasteiger partial charge in [0.25, 0.3) is 5.67 Å². The van der Waals surface area contributed by atoms with Crippen molar-refractivity contribution < 1.29 is 27.5 Å².